The van der Waals surface area contributed by atoms with Gasteiger partial charge in [-0.05, 0) is 49.6 Å². The van der Waals surface area contributed by atoms with Crippen LogP contribution in [0.2, 0.25) is 0 Å². The number of pyridine rings is 1. The molecule has 0 amide bonds. The van der Waals surface area contributed by atoms with Crippen LogP contribution in [0.15, 0.2) is 48.7 Å². The van der Waals surface area contributed by atoms with E-state index in [1.54, 1.807) is 13.1 Å². The number of fused-ring (bicyclic) bond motifs is 1. The molecule has 1 fully saturated rings. The molecule has 4 heterocycles. The zero-order valence-electron chi connectivity index (χ0n) is 19.7. The molecule has 1 aromatic carbocycles. The fourth-order valence-corrected chi connectivity index (χ4v) is 5.54. The van der Waals surface area contributed by atoms with Crippen LogP contribution in [0.3, 0.4) is 0 Å². The van der Waals surface area contributed by atoms with Crippen molar-refractivity contribution in [1.29, 1.82) is 0 Å². The van der Waals surface area contributed by atoms with Gasteiger partial charge in [0.25, 0.3) is 0 Å². The summed E-state index contributed by atoms with van der Waals surface area (Å²) in [4.78, 5) is 36.2. The third-order valence-electron chi connectivity index (χ3n) is 6.42. The van der Waals surface area contributed by atoms with Crippen LogP contribution in [-0.4, -0.2) is 39.3 Å². The first kappa shape index (κ1) is 23.5. The van der Waals surface area contributed by atoms with Crippen molar-refractivity contribution in [3.05, 3.63) is 69.8 Å². The van der Waals surface area contributed by atoms with E-state index in [1.807, 2.05) is 41.8 Å². The van der Waals surface area contributed by atoms with E-state index in [0.717, 1.165) is 9.75 Å². The quantitative estimate of drug-likeness (QED) is 0.294. The largest absolute Gasteiger partial charge is 0.379 e. The second-order valence-corrected chi connectivity index (χ2v) is 10.2. The first-order valence-corrected chi connectivity index (χ1v) is 12.6. The van der Waals surface area contributed by atoms with E-state index in [-0.39, 0.29) is 35.5 Å². The first-order valence-electron chi connectivity index (χ1n) is 11.8. The maximum Gasteiger partial charge on any atom is 0.173 e. The molecular weight excluding hydrogens is 465 g/mol. The lowest BCUT2D eigenvalue weighted by atomic mass is 9.92. The van der Waals surface area contributed by atoms with Gasteiger partial charge in [-0.1, -0.05) is 13.0 Å². The zero-order valence-corrected chi connectivity index (χ0v) is 20.5. The summed E-state index contributed by atoms with van der Waals surface area (Å²) in [6.45, 7) is 4.62. The topological polar surface area (TPSA) is 74.1 Å². The number of Topliss-reactive ketones (excluding diaryl/α,β-unsaturated/α-hetero) is 2. The second-order valence-electron chi connectivity index (χ2n) is 8.95. The molecule has 6 nitrogen and oxygen atoms in total. The number of carbonyl (C=O) groups is 2. The fraction of sp³-hybridized carbons (Fsp3) is 0.333. The summed E-state index contributed by atoms with van der Waals surface area (Å²) in [6.07, 6.45) is 2.99. The number of halogens is 1. The van der Waals surface area contributed by atoms with E-state index in [9.17, 15) is 9.59 Å². The monoisotopic (exact) mass is 491 g/mol. The lowest BCUT2D eigenvalue weighted by molar-refractivity contribution is 0.0189. The zero-order chi connectivity index (χ0) is 24.5. The number of rotatable bonds is 7. The Kier molecular flexibility index (Phi) is 6.58. The van der Waals surface area contributed by atoms with Crippen molar-refractivity contribution in [2.75, 3.05) is 13.2 Å². The number of imidazole rings is 1. The van der Waals surface area contributed by atoms with Crippen LogP contribution in [0.1, 0.15) is 57.1 Å². The summed E-state index contributed by atoms with van der Waals surface area (Å²) >= 11 is 1.51. The van der Waals surface area contributed by atoms with Crippen molar-refractivity contribution in [1.82, 2.24) is 14.5 Å². The number of thiophene rings is 1. The maximum atomic E-state index is 15.0. The number of hydrogen-bond donors (Lipinski definition) is 0. The van der Waals surface area contributed by atoms with Crippen LogP contribution in [-0.2, 0) is 4.74 Å². The molecule has 0 aliphatic carbocycles. The number of hydrogen-bond acceptors (Lipinski definition) is 6. The van der Waals surface area contributed by atoms with Gasteiger partial charge >= 0.3 is 0 Å². The van der Waals surface area contributed by atoms with Crippen molar-refractivity contribution >= 4 is 33.9 Å². The number of aryl methyl sites for hydroxylation is 1. The molecule has 0 spiro atoms. The Hall–Kier alpha value is -3.23. The molecular formula is C27H26FN3O3S. The lowest BCUT2D eigenvalue weighted by Crippen LogP contribution is -2.29. The van der Waals surface area contributed by atoms with E-state index in [0.29, 0.717) is 48.6 Å². The summed E-state index contributed by atoms with van der Waals surface area (Å²) in [5.74, 6) is -0.0816. The van der Waals surface area contributed by atoms with Gasteiger partial charge in [-0.15, -0.1) is 11.3 Å². The average Bonchev–Trinajstić information content (AvgIpc) is 3.47. The Bertz CT molecular complexity index is 1400. The molecule has 3 aromatic heterocycles. The highest BCUT2D eigenvalue weighted by atomic mass is 32.1. The van der Waals surface area contributed by atoms with E-state index in [1.165, 1.54) is 23.5 Å². The fourth-order valence-electron chi connectivity index (χ4n) is 4.73. The van der Waals surface area contributed by atoms with Gasteiger partial charge < -0.3 is 9.30 Å². The smallest absolute Gasteiger partial charge is 0.173 e. The van der Waals surface area contributed by atoms with Gasteiger partial charge in [-0.25, -0.2) is 9.37 Å². The first-order chi connectivity index (χ1) is 16.9. The van der Waals surface area contributed by atoms with Crippen LogP contribution < -0.4 is 0 Å². The predicted octanol–water partition coefficient (Wildman–Crippen LogP) is 6.05. The Morgan fingerprint density at radius 1 is 1.17 bits per heavy atom. The maximum absolute atomic E-state index is 15.0. The van der Waals surface area contributed by atoms with Crippen molar-refractivity contribution in [3.63, 3.8) is 0 Å². The van der Waals surface area contributed by atoms with Gasteiger partial charge in [0.1, 0.15) is 11.5 Å². The molecule has 0 bridgehead atoms. The standard InChI is InChI=1S/C27H26FN3O3S/c1-3-24(32)19-12-22-23(13-20(19)28)31(27(30-22)21-6-4-5-9-29-21)18-10-17(14-34-15-18)11-25(33)26-8-7-16(2)35-26/h4-9,12-13,17-18H,3,10-11,14-15H2,1-2H3. The molecule has 8 heteroatoms. The molecule has 0 saturated carbocycles. The molecule has 0 radical (unpaired) electrons. The number of carbonyl (C=O) groups excluding carboxylic acids is 2. The third kappa shape index (κ3) is 4.68. The Morgan fingerprint density at radius 3 is 2.74 bits per heavy atom. The number of nitrogens with zero attached hydrogens (tertiary/aromatic N) is 3. The van der Waals surface area contributed by atoms with E-state index >= 15 is 4.39 Å². The molecule has 1 saturated heterocycles. The van der Waals surface area contributed by atoms with Gasteiger partial charge in [0.15, 0.2) is 17.4 Å². The Balaban J connectivity index is 1.53. The average molecular weight is 492 g/mol. The SMILES string of the molecule is CCC(=O)c1cc2nc(-c3ccccn3)n(C3COCC(CC(=O)c4ccc(C)s4)C3)c2cc1F. The number of aromatic nitrogens is 3. The summed E-state index contributed by atoms with van der Waals surface area (Å²) in [5, 5.41) is 0. The van der Waals surface area contributed by atoms with Crippen LogP contribution in [0.5, 0.6) is 0 Å². The van der Waals surface area contributed by atoms with Crippen LogP contribution in [0.4, 0.5) is 4.39 Å². The van der Waals surface area contributed by atoms with E-state index in [2.05, 4.69) is 4.98 Å². The number of ketones is 2. The molecule has 180 valence electrons. The van der Waals surface area contributed by atoms with Crippen molar-refractivity contribution in [2.24, 2.45) is 5.92 Å². The minimum absolute atomic E-state index is 0.0310. The molecule has 2 atom stereocenters. The van der Waals surface area contributed by atoms with Gasteiger partial charge in [-0.2, -0.15) is 0 Å². The van der Waals surface area contributed by atoms with Gasteiger partial charge in [0.05, 0.1) is 40.7 Å². The highest BCUT2D eigenvalue weighted by Gasteiger charge is 2.30. The van der Waals surface area contributed by atoms with Crippen LogP contribution >= 0.6 is 11.3 Å². The molecule has 1 aliphatic heterocycles. The molecule has 1 aliphatic rings. The van der Waals surface area contributed by atoms with Crippen molar-refractivity contribution in [3.8, 4) is 11.5 Å². The molecule has 2 unspecified atom stereocenters. The second kappa shape index (κ2) is 9.79. The predicted molar refractivity (Wildman–Crippen MR) is 134 cm³/mol. The van der Waals surface area contributed by atoms with Crippen molar-refractivity contribution in [2.45, 2.75) is 39.2 Å². The minimum atomic E-state index is -0.561. The minimum Gasteiger partial charge on any atom is -0.379 e. The highest BCUT2D eigenvalue weighted by molar-refractivity contribution is 7.14. The van der Waals surface area contributed by atoms with Gasteiger partial charge in [0, 0.05) is 30.0 Å². The Morgan fingerprint density at radius 2 is 2.03 bits per heavy atom. The Labute approximate surface area is 206 Å². The molecule has 4 aromatic rings. The normalized spacial score (nSPS) is 18.1. The van der Waals surface area contributed by atoms with E-state index < -0.39 is 5.82 Å². The van der Waals surface area contributed by atoms with E-state index in [4.69, 9.17) is 9.72 Å². The number of ether oxygens (including phenoxy) is 1. The molecule has 35 heavy (non-hydrogen) atoms. The van der Waals surface area contributed by atoms with Crippen molar-refractivity contribution < 1.29 is 18.7 Å². The lowest BCUT2D eigenvalue weighted by Gasteiger charge is -2.31. The van der Waals surface area contributed by atoms with Gasteiger partial charge in [0.2, 0.25) is 0 Å². The summed E-state index contributed by atoms with van der Waals surface area (Å²) in [5.41, 5.74) is 1.83. The number of benzene rings is 1. The summed E-state index contributed by atoms with van der Waals surface area (Å²) in [6, 6.07) is 12.2. The molecule has 0 N–H and O–H groups in total. The highest BCUT2D eigenvalue weighted by Crippen LogP contribution is 2.35. The summed E-state index contributed by atoms with van der Waals surface area (Å²) in [7, 11) is 0. The summed E-state index contributed by atoms with van der Waals surface area (Å²) < 4.78 is 22.9. The van der Waals surface area contributed by atoms with Crippen LogP contribution in [0.25, 0.3) is 22.6 Å². The third-order valence-corrected chi connectivity index (χ3v) is 7.46. The van der Waals surface area contributed by atoms with Gasteiger partial charge in [-0.3, -0.25) is 14.6 Å². The van der Waals surface area contributed by atoms with Crippen LogP contribution in [0, 0.1) is 18.7 Å². The molecule has 5 rings (SSSR count).